The summed E-state index contributed by atoms with van der Waals surface area (Å²) in [7, 11) is 0. The molecule has 34 heavy (non-hydrogen) atoms. The van der Waals surface area contributed by atoms with E-state index >= 15 is 0 Å². The van der Waals surface area contributed by atoms with Gasteiger partial charge in [-0.2, -0.15) is 0 Å². The van der Waals surface area contributed by atoms with Gasteiger partial charge in [-0.05, 0) is 37.1 Å². The zero-order valence-corrected chi connectivity index (χ0v) is 19.3. The third-order valence-electron chi connectivity index (χ3n) is 6.43. The van der Waals surface area contributed by atoms with Gasteiger partial charge in [0.05, 0.1) is 24.9 Å². The molecule has 5 rings (SSSR count). The lowest BCUT2D eigenvalue weighted by Gasteiger charge is -2.26. The molecule has 0 saturated carbocycles. The Hall–Kier alpha value is -3.29. The summed E-state index contributed by atoms with van der Waals surface area (Å²) in [5.74, 6) is 1.43. The third kappa shape index (κ3) is 5.26. The monoisotopic (exact) mass is 458 g/mol. The highest BCUT2D eigenvalue weighted by Crippen LogP contribution is 2.33. The maximum Gasteiger partial charge on any atom is 0.254 e. The summed E-state index contributed by atoms with van der Waals surface area (Å²) in [4.78, 5) is 27.0. The molecule has 2 aliphatic heterocycles. The lowest BCUT2D eigenvalue weighted by molar-refractivity contribution is 0.0322. The maximum absolute atomic E-state index is 13.5. The summed E-state index contributed by atoms with van der Waals surface area (Å²) in [5, 5.41) is 0. The number of carbonyl (C=O) groups is 1. The van der Waals surface area contributed by atoms with Gasteiger partial charge < -0.3 is 14.4 Å². The van der Waals surface area contributed by atoms with Gasteiger partial charge in [-0.3, -0.25) is 9.69 Å². The van der Waals surface area contributed by atoms with Crippen LogP contribution in [0, 0.1) is 0 Å². The van der Waals surface area contributed by atoms with Gasteiger partial charge in [-0.15, -0.1) is 0 Å². The minimum atomic E-state index is -0.0520. The fourth-order valence-electron chi connectivity index (χ4n) is 4.60. The molecule has 0 unspecified atom stereocenters. The van der Waals surface area contributed by atoms with Crippen LogP contribution in [-0.4, -0.2) is 71.7 Å². The molecule has 0 aliphatic carbocycles. The van der Waals surface area contributed by atoms with Crippen LogP contribution in [0.4, 0.5) is 0 Å². The Morgan fingerprint density at radius 1 is 1.03 bits per heavy atom. The molecule has 7 heteroatoms. The molecule has 1 atom stereocenters. The van der Waals surface area contributed by atoms with E-state index in [0.717, 1.165) is 69.2 Å². The van der Waals surface area contributed by atoms with Crippen molar-refractivity contribution in [2.75, 3.05) is 46.0 Å². The van der Waals surface area contributed by atoms with E-state index in [4.69, 9.17) is 14.5 Å². The van der Waals surface area contributed by atoms with Gasteiger partial charge >= 0.3 is 0 Å². The minimum Gasteiger partial charge on any atom is -0.492 e. The first-order valence-electron chi connectivity index (χ1n) is 12.0. The molecule has 0 bridgehead atoms. The first kappa shape index (κ1) is 22.5. The summed E-state index contributed by atoms with van der Waals surface area (Å²) in [5.41, 5.74) is 2.51. The maximum atomic E-state index is 13.5. The SMILES string of the molecule is O=C(c1cccc(OCCN2CCOCC2)c1)N1CCC[C@H]1c1ccnc(-c2ccccc2)n1. The standard InChI is InChI=1S/C27H30N4O3/c32-27(22-8-4-9-23(20-22)34-19-16-30-14-17-33-18-15-30)31-13-5-10-25(31)24-11-12-28-26(29-24)21-6-2-1-3-7-21/h1-4,6-9,11-12,20,25H,5,10,13-19H2/t25-/m0/s1. The van der Waals surface area contributed by atoms with Gasteiger partial charge in [-0.25, -0.2) is 9.97 Å². The summed E-state index contributed by atoms with van der Waals surface area (Å²) < 4.78 is 11.4. The Kier molecular flexibility index (Phi) is 7.12. The average Bonchev–Trinajstić information content (AvgIpc) is 3.40. The highest BCUT2D eigenvalue weighted by molar-refractivity contribution is 5.95. The molecule has 0 radical (unpaired) electrons. The number of rotatable bonds is 7. The van der Waals surface area contributed by atoms with Crippen molar-refractivity contribution >= 4 is 5.91 Å². The lowest BCUT2D eigenvalue weighted by Crippen LogP contribution is -2.38. The van der Waals surface area contributed by atoms with E-state index in [2.05, 4.69) is 9.88 Å². The van der Waals surface area contributed by atoms with Gasteiger partial charge in [0.15, 0.2) is 5.82 Å². The molecule has 7 nitrogen and oxygen atoms in total. The van der Waals surface area contributed by atoms with Crippen molar-refractivity contribution in [1.29, 1.82) is 0 Å². The van der Waals surface area contributed by atoms with E-state index in [0.29, 0.717) is 18.0 Å². The predicted octanol–water partition coefficient (Wildman–Crippen LogP) is 3.83. The van der Waals surface area contributed by atoms with Crippen molar-refractivity contribution in [1.82, 2.24) is 19.8 Å². The van der Waals surface area contributed by atoms with Crippen molar-refractivity contribution in [3.63, 3.8) is 0 Å². The van der Waals surface area contributed by atoms with E-state index in [1.165, 1.54) is 0 Å². The number of nitrogens with zero attached hydrogens (tertiary/aromatic N) is 4. The molecular weight excluding hydrogens is 428 g/mol. The van der Waals surface area contributed by atoms with Crippen LogP contribution in [0.1, 0.15) is 34.9 Å². The molecule has 0 N–H and O–H groups in total. The molecule has 3 aromatic rings. The van der Waals surface area contributed by atoms with Crippen molar-refractivity contribution in [2.24, 2.45) is 0 Å². The zero-order valence-electron chi connectivity index (χ0n) is 19.3. The van der Waals surface area contributed by atoms with Gasteiger partial charge in [0.25, 0.3) is 5.91 Å². The van der Waals surface area contributed by atoms with Crippen LogP contribution in [0.25, 0.3) is 11.4 Å². The van der Waals surface area contributed by atoms with E-state index in [1.807, 2.05) is 65.6 Å². The van der Waals surface area contributed by atoms with E-state index < -0.39 is 0 Å². The van der Waals surface area contributed by atoms with Crippen LogP contribution in [-0.2, 0) is 4.74 Å². The Labute approximate surface area is 200 Å². The van der Waals surface area contributed by atoms with Gasteiger partial charge in [-0.1, -0.05) is 36.4 Å². The van der Waals surface area contributed by atoms with E-state index in [9.17, 15) is 4.79 Å². The van der Waals surface area contributed by atoms with Crippen LogP contribution in [0.2, 0.25) is 0 Å². The molecule has 0 spiro atoms. The minimum absolute atomic E-state index is 0.0148. The van der Waals surface area contributed by atoms with Crippen LogP contribution < -0.4 is 4.74 Å². The quantitative estimate of drug-likeness (QED) is 0.536. The van der Waals surface area contributed by atoms with Gasteiger partial charge in [0.2, 0.25) is 0 Å². The average molecular weight is 459 g/mol. The molecule has 1 aromatic heterocycles. The Balaban J connectivity index is 1.26. The van der Waals surface area contributed by atoms with Crippen molar-refractivity contribution in [3.8, 4) is 17.1 Å². The molecule has 2 fully saturated rings. The summed E-state index contributed by atoms with van der Waals surface area (Å²) >= 11 is 0. The first-order valence-corrected chi connectivity index (χ1v) is 12.0. The van der Waals surface area contributed by atoms with Crippen molar-refractivity contribution in [2.45, 2.75) is 18.9 Å². The number of hydrogen-bond acceptors (Lipinski definition) is 6. The Morgan fingerprint density at radius 3 is 2.74 bits per heavy atom. The van der Waals surface area contributed by atoms with Gasteiger partial charge in [0, 0.05) is 43.5 Å². The molecule has 1 amide bonds. The fraction of sp³-hybridized carbons (Fsp3) is 0.370. The van der Waals surface area contributed by atoms with E-state index in [1.54, 1.807) is 6.20 Å². The number of aromatic nitrogens is 2. The topological polar surface area (TPSA) is 67.8 Å². The molecular formula is C27H30N4O3. The Bertz CT molecular complexity index is 1100. The highest BCUT2D eigenvalue weighted by atomic mass is 16.5. The van der Waals surface area contributed by atoms with Crippen LogP contribution >= 0.6 is 0 Å². The highest BCUT2D eigenvalue weighted by Gasteiger charge is 2.32. The molecule has 2 aliphatic rings. The third-order valence-corrected chi connectivity index (χ3v) is 6.43. The van der Waals surface area contributed by atoms with E-state index in [-0.39, 0.29) is 11.9 Å². The molecule has 3 heterocycles. The smallest absolute Gasteiger partial charge is 0.254 e. The second kappa shape index (κ2) is 10.8. The molecule has 2 saturated heterocycles. The van der Waals surface area contributed by atoms with Crippen molar-refractivity contribution in [3.05, 3.63) is 78.1 Å². The zero-order chi connectivity index (χ0) is 23.2. The number of morpholine rings is 1. The molecule has 2 aromatic carbocycles. The first-order chi connectivity index (χ1) is 16.8. The largest absolute Gasteiger partial charge is 0.492 e. The number of amides is 1. The fourth-order valence-corrected chi connectivity index (χ4v) is 4.60. The lowest BCUT2D eigenvalue weighted by atomic mass is 10.1. The van der Waals surface area contributed by atoms with Crippen LogP contribution in [0.5, 0.6) is 5.75 Å². The van der Waals surface area contributed by atoms with Gasteiger partial charge in [0.1, 0.15) is 12.4 Å². The van der Waals surface area contributed by atoms with Crippen LogP contribution in [0.3, 0.4) is 0 Å². The predicted molar refractivity (Wildman–Crippen MR) is 130 cm³/mol. The second-order valence-corrected chi connectivity index (χ2v) is 8.66. The second-order valence-electron chi connectivity index (χ2n) is 8.66. The molecule has 176 valence electrons. The summed E-state index contributed by atoms with van der Waals surface area (Å²) in [6.45, 7) is 5.59. The van der Waals surface area contributed by atoms with Crippen molar-refractivity contribution < 1.29 is 14.3 Å². The summed E-state index contributed by atoms with van der Waals surface area (Å²) in [6, 6.07) is 19.3. The number of benzene rings is 2. The normalized spacial score (nSPS) is 18.7. The number of hydrogen-bond donors (Lipinski definition) is 0. The Morgan fingerprint density at radius 2 is 1.88 bits per heavy atom. The number of carbonyl (C=O) groups excluding carboxylic acids is 1. The number of likely N-dealkylation sites (tertiary alicyclic amines) is 1. The van der Waals surface area contributed by atoms with Crippen LogP contribution in [0.15, 0.2) is 66.9 Å². The summed E-state index contributed by atoms with van der Waals surface area (Å²) in [6.07, 6.45) is 3.64. The number of ether oxygens (including phenoxy) is 2.